The van der Waals surface area contributed by atoms with Gasteiger partial charge in [0.15, 0.2) is 0 Å². The molecule has 2 aliphatic heterocycles. The summed E-state index contributed by atoms with van der Waals surface area (Å²) in [5.74, 6) is -0.712. The van der Waals surface area contributed by atoms with Crippen LogP contribution in [0, 0.1) is 11.8 Å². The number of carbonyl (C=O) groups excluding carboxylic acids is 1. The Morgan fingerprint density at radius 3 is 2.73 bits per heavy atom. The molecule has 8 heteroatoms. The molecule has 2 bridgehead atoms. The fraction of sp³-hybridized carbons (Fsp3) is 0.400. The molecule has 0 unspecified atom stereocenters. The van der Waals surface area contributed by atoms with E-state index in [-0.39, 0.29) is 29.2 Å². The zero-order valence-corrected chi connectivity index (χ0v) is 18.7. The Labute approximate surface area is 191 Å². The van der Waals surface area contributed by atoms with E-state index in [1.54, 1.807) is 18.3 Å². The predicted octanol–water partition coefficient (Wildman–Crippen LogP) is 3.17. The Morgan fingerprint density at radius 1 is 1.15 bits per heavy atom. The summed E-state index contributed by atoms with van der Waals surface area (Å²) in [4.78, 5) is 42.1. The van der Waals surface area contributed by atoms with E-state index in [0.717, 1.165) is 23.0 Å². The van der Waals surface area contributed by atoms with Crippen molar-refractivity contribution in [1.82, 2.24) is 14.5 Å². The van der Waals surface area contributed by atoms with Gasteiger partial charge in [-0.1, -0.05) is 26.0 Å². The van der Waals surface area contributed by atoms with E-state index in [1.807, 2.05) is 47.6 Å². The lowest BCUT2D eigenvalue weighted by Gasteiger charge is -2.44. The Hall–Kier alpha value is -3.39. The second-order valence-corrected chi connectivity index (χ2v) is 9.54. The van der Waals surface area contributed by atoms with Crippen LogP contribution in [0.4, 0.5) is 5.69 Å². The number of carboxylic acid groups (broad SMARTS) is 1. The molecule has 1 amide bonds. The number of pyridine rings is 1. The van der Waals surface area contributed by atoms with E-state index in [0.29, 0.717) is 30.9 Å². The number of aliphatic carboxylic acids is 1. The minimum absolute atomic E-state index is 0.0161. The number of carboxylic acids is 1. The molecule has 3 atom stereocenters. The number of benzene rings is 1. The van der Waals surface area contributed by atoms with Gasteiger partial charge in [-0.3, -0.25) is 19.3 Å². The average molecular weight is 449 g/mol. The van der Waals surface area contributed by atoms with Crippen LogP contribution in [0.25, 0.3) is 10.9 Å². The molecule has 2 aromatic heterocycles. The minimum Gasteiger partial charge on any atom is -0.480 e. The van der Waals surface area contributed by atoms with Gasteiger partial charge >= 0.3 is 5.97 Å². The van der Waals surface area contributed by atoms with Gasteiger partial charge in [-0.05, 0) is 30.5 Å². The van der Waals surface area contributed by atoms with Gasteiger partial charge in [-0.2, -0.15) is 0 Å². The zero-order valence-electron chi connectivity index (χ0n) is 18.7. The van der Waals surface area contributed by atoms with Gasteiger partial charge in [0.2, 0.25) is 5.91 Å². The van der Waals surface area contributed by atoms with E-state index in [4.69, 9.17) is 0 Å². The first-order valence-corrected chi connectivity index (χ1v) is 11.4. The number of anilines is 1. The van der Waals surface area contributed by atoms with E-state index < -0.39 is 12.0 Å². The smallest absolute Gasteiger partial charge is 0.325 e. The van der Waals surface area contributed by atoms with Gasteiger partial charge in [0.05, 0.1) is 0 Å². The number of fused-ring (bicyclic) bond motifs is 5. The molecule has 1 saturated heterocycles. The molecule has 1 aromatic carbocycles. The number of nitrogens with zero attached hydrogens (tertiary/aromatic N) is 2. The van der Waals surface area contributed by atoms with Crippen molar-refractivity contribution in [2.45, 2.75) is 38.8 Å². The molecule has 8 nitrogen and oxygen atoms in total. The molecule has 0 saturated carbocycles. The lowest BCUT2D eigenvalue weighted by atomic mass is 9.82. The van der Waals surface area contributed by atoms with E-state index in [2.05, 4.69) is 10.3 Å². The van der Waals surface area contributed by atoms with Crippen LogP contribution >= 0.6 is 0 Å². The number of carbonyl (C=O) groups is 2. The number of H-pyrrole nitrogens is 1. The van der Waals surface area contributed by atoms with Gasteiger partial charge in [0.1, 0.15) is 6.04 Å². The summed E-state index contributed by atoms with van der Waals surface area (Å²) in [6.45, 7) is 5.51. The second-order valence-electron chi connectivity index (χ2n) is 9.54. The highest BCUT2D eigenvalue weighted by atomic mass is 16.4. The Kier molecular flexibility index (Phi) is 5.32. The fourth-order valence-electron chi connectivity index (χ4n) is 5.37. The molecule has 0 aliphatic carbocycles. The van der Waals surface area contributed by atoms with Crippen molar-refractivity contribution in [3.05, 3.63) is 64.2 Å². The van der Waals surface area contributed by atoms with Crippen molar-refractivity contribution in [2.24, 2.45) is 11.8 Å². The summed E-state index contributed by atoms with van der Waals surface area (Å²) in [5.41, 5.74) is 3.19. The number of rotatable bonds is 5. The van der Waals surface area contributed by atoms with Crippen LogP contribution in [-0.4, -0.2) is 44.5 Å². The summed E-state index contributed by atoms with van der Waals surface area (Å²) in [5, 5.41) is 13.9. The summed E-state index contributed by atoms with van der Waals surface area (Å²) < 4.78 is 1.85. The van der Waals surface area contributed by atoms with Crippen molar-refractivity contribution >= 4 is 28.5 Å². The third-order valence-corrected chi connectivity index (χ3v) is 6.91. The van der Waals surface area contributed by atoms with Crippen LogP contribution in [0.5, 0.6) is 0 Å². The maximum absolute atomic E-state index is 12.5. The second kappa shape index (κ2) is 8.19. The molecule has 1 fully saturated rings. The number of nitrogens with one attached hydrogen (secondary N) is 2. The predicted molar refractivity (Wildman–Crippen MR) is 125 cm³/mol. The molecule has 5 rings (SSSR count). The number of aromatic amines is 1. The lowest BCUT2D eigenvalue weighted by molar-refractivity contribution is -0.144. The number of hydrogen-bond donors (Lipinski definition) is 3. The third-order valence-electron chi connectivity index (χ3n) is 6.91. The molecule has 3 aromatic rings. The van der Waals surface area contributed by atoms with Crippen molar-refractivity contribution in [2.75, 3.05) is 18.4 Å². The van der Waals surface area contributed by atoms with Gasteiger partial charge in [0.25, 0.3) is 5.56 Å². The summed E-state index contributed by atoms with van der Waals surface area (Å²) >= 11 is 0. The monoisotopic (exact) mass is 448 g/mol. The molecule has 0 spiro atoms. The normalized spacial score (nSPS) is 21.1. The first kappa shape index (κ1) is 21.5. The van der Waals surface area contributed by atoms with E-state index in [1.165, 1.54) is 0 Å². The van der Waals surface area contributed by atoms with Crippen molar-refractivity contribution < 1.29 is 14.7 Å². The standard InChI is InChI=1S/C25H28N4O4/c1-14(2)24(31)27-17-6-7-18-19(10-26-20(18)9-17)23(25(32)33)28-11-15-8-16(13-28)21-4-3-5-22(30)29(21)12-15/h3-7,9-10,14-16,23,26H,8,11-13H2,1-2H3,(H,27,31)(H,32,33)/t15-,16-,23+/m1/s1. The van der Waals surface area contributed by atoms with Gasteiger partial charge in [-0.15, -0.1) is 0 Å². The topological polar surface area (TPSA) is 107 Å². The van der Waals surface area contributed by atoms with Crippen LogP contribution < -0.4 is 10.9 Å². The number of aromatic nitrogens is 2. The van der Waals surface area contributed by atoms with Crippen molar-refractivity contribution in [1.29, 1.82) is 0 Å². The molecule has 172 valence electrons. The van der Waals surface area contributed by atoms with Crippen molar-refractivity contribution in [3.63, 3.8) is 0 Å². The van der Waals surface area contributed by atoms with Gasteiger partial charge in [0, 0.05) is 71.6 Å². The number of piperidine rings is 1. The van der Waals surface area contributed by atoms with Gasteiger partial charge in [-0.25, -0.2) is 0 Å². The maximum atomic E-state index is 12.5. The lowest BCUT2D eigenvalue weighted by Crippen LogP contribution is -2.49. The van der Waals surface area contributed by atoms with Gasteiger partial charge < -0.3 is 20.0 Å². The molecule has 0 radical (unpaired) electrons. The number of hydrogen-bond acceptors (Lipinski definition) is 4. The summed E-state index contributed by atoms with van der Waals surface area (Å²) in [6.07, 6.45) is 2.74. The number of likely N-dealkylation sites (tertiary alicyclic amines) is 1. The molecule has 4 heterocycles. The quantitative estimate of drug-likeness (QED) is 0.556. The van der Waals surface area contributed by atoms with Crippen LogP contribution in [0.2, 0.25) is 0 Å². The maximum Gasteiger partial charge on any atom is 0.325 e. The molecule has 3 N–H and O–H groups in total. The van der Waals surface area contributed by atoms with Crippen LogP contribution in [0.1, 0.15) is 43.5 Å². The highest BCUT2D eigenvalue weighted by Crippen LogP contribution is 2.39. The minimum atomic E-state index is -0.890. The first-order valence-electron chi connectivity index (χ1n) is 11.4. The Bertz CT molecular complexity index is 1290. The highest BCUT2D eigenvalue weighted by molar-refractivity contribution is 5.96. The van der Waals surface area contributed by atoms with Crippen LogP contribution in [0.3, 0.4) is 0 Å². The molecule has 33 heavy (non-hydrogen) atoms. The summed E-state index contributed by atoms with van der Waals surface area (Å²) in [6, 6.07) is 10.1. The van der Waals surface area contributed by atoms with Crippen LogP contribution in [0.15, 0.2) is 47.4 Å². The number of amides is 1. The summed E-state index contributed by atoms with van der Waals surface area (Å²) in [7, 11) is 0. The Balaban J connectivity index is 1.46. The van der Waals surface area contributed by atoms with Crippen molar-refractivity contribution in [3.8, 4) is 0 Å². The first-order chi connectivity index (χ1) is 15.8. The SMILES string of the molecule is CC(C)C(=O)Nc1ccc2c([C@@H](C(=O)O)N3C[C@H]4C[C@H](C3)c3cccc(=O)n3C4)c[nH]c2c1. The van der Waals surface area contributed by atoms with E-state index in [9.17, 15) is 19.5 Å². The van der Waals surface area contributed by atoms with Crippen LogP contribution in [-0.2, 0) is 16.1 Å². The Morgan fingerprint density at radius 2 is 1.97 bits per heavy atom. The molecular weight excluding hydrogens is 420 g/mol. The van der Waals surface area contributed by atoms with E-state index >= 15 is 0 Å². The molecule has 2 aliphatic rings. The largest absolute Gasteiger partial charge is 0.480 e. The third kappa shape index (κ3) is 3.84. The average Bonchev–Trinajstić information content (AvgIpc) is 3.17. The molecular formula is C25H28N4O4. The zero-order chi connectivity index (χ0) is 23.3. The fourth-order valence-corrected chi connectivity index (χ4v) is 5.37. The highest BCUT2D eigenvalue weighted by Gasteiger charge is 2.40.